The van der Waals surface area contributed by atoms with E-state index < -0.39 is 0 Å². The second kappa shape index (κ2) is 9.58. The highest BCUT2D eigenvalue weighted by Gasteiger charge is 2.31. The summed E-state index contributed by atoms with van der Waals surface area (Å²) in [5.74, 6) is 0.788. The lowest BCUT2D eigenvalue weighted by atomic mass is 9.70. The Hall–Kier alpha value is -5.40. The van der Waals surface area contributed by atoms with Gasteiger partial charge in [0.2, 0.25) is 0 Å². The number of nitrogens with zero attached hydrogens (tertiary/aromatic N) is 1. The van der Waals surface area contributed by atoms with Gasteiger partial charge in [0.1, 0.15) is 0 Å². The Balaban J connectivity index is 1.29. The van der Waals surface area contributed by atoms with Crippen molar-refractivity contribution in [2.45, 2.75) is 0 Å². The lowest BCUT2D eigenvalue weighted by molar-refractivity contribution is 0.656. The van der Waals surface area contributed by atoms with E-state index >= 15 is 0 Å². The van der Waals surface area contributed by atoms with Gasteiger partial charge < -0.3 is 4.90 Å². The van der Waals surface area contributed by atoms with Crippen molar-refractivity contribution in [2.75, 3.05) is 4.90 Å². The molecule has 0 saturated heterocycles. The number of fused-ring (bicyclic) bond motifs is 12. The zero-order valence-electron chi connectivity index (χ0n) is 23.7. The zero-order valence-corrected chi connectivity index (χ0v) is 23.7. The average Bonchev–Trinajstić information content (AvgIpc) is 3.08. The van der Waals surface area contributed by atoms with E-state index in [2.05, 4.69) is 169 Å². The molecule has 0 aliphatic heterocycles. The van der Waals surface area contributed by atoms with Crippen molar-refractivity contribution in [1.29, 1.82) is 0 Å². The van der Waals surface area contributed by atoms with Crippen molar-refractivity contribution in [3.05, 3.63) is 174 Å². The van der Waals surface area contributed by atoms with Crippen LogP contribution in [0, 0.1) is 11.8 Å². The molecular formula is C42H29N. The Kier molecular flexibility index (Phi) is 5.39. The lowest BCUT2D eigenvalue weighted by Crippen LogP contribution is -2.20. The quantitative estimate of drug-likeness (QED) is 0.199. The number of anilines is 3. The maximum absolute atomic E-state index is 2.44. The van der Waals surface area contributed by atoms with Crippen LogP contribution in [0.4, 0.5) is 17.1 Å². The highest BCUT2D eigenvalue weighted by Crippen LogP contribution is 2.48. The van der Waals surface area contributed by atoms with Crippen molar-refractivity contribution < 1.29 is 0 Å². The number of hydrogen-bond acceptors (Lipinski definition) is 1. The minimum Gasteiger partial charge on any atom is -0.310 e. The third-order valence-corrected chi connectivity index (χ3v) is 9.40. The van der Waals surface area contributed by atoms with Crippen molar-refractivity contribution in [3.8, 4) is 0 Å². The van der Waals surface area contributed by atoms with E-state index in [1.54, 1.807) is 0 Å². The number of allylic oxidation sites excluding steroid dienone is 9. The maximum atomic E-state index is 2.44. The molecule has 0 aromatic heterocycles. The summed E-state index contributed by atoms with van der Waals surface area (Å²) in [6, 6.07) is 42.0. The summed E-state index contributed by atoms with van der Waals surface area (Å²) >= 11 is 0. The van der Waals surface area contributed by atoms with Gasteiger partial charge in [-0.15, -0.1) is 0 Å². The first kappa shape index (κ1) is 24.2. The second-order valence-corrected chi connectivity index (χ2v) is 11.7. The summed E-state index contributed by atoms with van der Waals surface area (Å²) in [6.45, 7) is 0. The minimum atomic E-state index is 0.377. The molecule has 0 saturated carbocycles. The number of rotatable bonds is 3. The SMILES string of the molecule is C1=CC2=CC=C3c4ccc5c6ccc(N(c7ccccc7)c7ccccc7)cc6c6ccccc6c5c4C=CC3C2C=C1. The van der Waals surface area contributed by atoms with E-state index in [1.165, 1.54) is 54.6 Å². The third kappa shape index (κ3) is 3.72. The van der Waals surface area contributed by atoms with Crippen LogP contribution in [-0.4, -0.2) is 0 Å². The number of hydrogen-bond donors (Lipinski definition) is 0. The summed E-state index contributed by atoms with van der Waals surface area (Å²) in [6.07, 6.45) is 18.5. The molecule has 6 aromatic rings. The largest absolute Gasteiger partial charge is 0.310 e. The first-order valence-corrected chi connectivity index (χ1v) is 15.1. The van der Waals surface area contributed by atoms with Gasteiger partial charge in [0, 0.05) is 28.9 Å². The van der Waals surface area contributed by atoms with Crippen molar-refractivity contribution in [3.63, 3.8) is 0 Å². The summed E-state index contributed by atoms with van der Waals surface area (Å²) in [4.78, 5) is 2.35. The van der Waals surface area contributed by atoms with Crippen LogP contribution in [0.3, 0.4) is 0 Å². The van der Waals surface area contributed by atoms with Crippen LogP contribution in [0.1, 0.15) is 11.1 Å². The van der Waals surface area contributed by atoms with Gasteiger partial charge in [-0.05, 0) is 91.0 Å². The number of para-hydroxylation sites is 2. The molecule has 6 aromatic carbocycles. The van der Waals surface area contributed by atoms with Crippen molar-refractivity contribution >= 4 is 61.0 Å². The molecule has 3 aliphatic rings. The normalized spacial score (nSPS) is 18.2. The molecule has 2 atom stereocenters. The van der Waals surface area contributed by atoms with Gasteiger partial charge in [-0.3, -0.25) is 0 Å². The van der Waals surface area contributed by atoms with Crippen LogP contribution in [-0.2, 0) is 0 Å². The van der Waals surface area contributed by atoms with Gasteiger partial charge in [-0.2, -0.15) is 0 Å². The Labute approximate surface area is 251 Å². The predicted octanol–water partition coefficient (Wildman–Crippen LogP) is 11.3. The Bertz CT molecular complexity index is 2170. The molecule has 0 amide bonds. The Morgan fingerprint density at radius 3 is 1.93 bits per heavy atom. The smallest absolute Gasteiger partial charge is 0.0468 e. The lowest BCUT2D eigenvalue weighted by Gasteiger charge is -2.34. The molecule has 0 spiro atoms. The van der Waals surface area contributed by atoms with Crippen LogP contribution >= 0.6 is 0 Å². The monoisotopic (exact) mass is 547 g/mol. The highest BCUT2D eigenvalue weighted by atomic mass is 15.1. The average molecular weight is 548 g/mol. The van der Waals surface area contributed by atoms with E-state index in [-0.39, 0.29) is 0 Å². The summed E-state index contributed by atoms with van der Waals surface area (Å²) in [5.41, 5.74) is 8.97. The fourth-order valence-electron chi connectivity index (χ4n) is 7.47. The molecule has 0 fully saturated rings. The molecule has 9 rings (SSSR count). The molecule has 3 aliphatic carbocycles. The van der Waals surface area contributed by atoms with Gasteiger partial charge in [-0.25, -0.2) is 0 Å². The van der Waals surface area contributed by atoms with Crippen molar-refractivity contribution in [1.82, 2.24) is 0 Å². The first-order valence-electron chi connectivity index (χ1n) is 15.1. The van der Waals surface area contributed by atoms with Crippen molar-refractivity contribution in [2.24, 2.45) is 11.8 Å². The van der Waals surface area contributed by atoms with Crippen LogP contribution in [0.25, 0.3) is 44.0 Å². The molecule has 0 radical (unpaired) electrons. The van der Waals surface area contributed by atoms with Crippen LogP contribution in [0.15, 0.2) is 163 Å². The topological polar surface area (TPSA) is 3.24 Å². The molecule has 0 bridgehead atoms. The number of benzene rings is 6. The fourth-order valence-corrected chi connectivity index (χ4v) is 7.47. The van der Waals surface area contributed by atoms with Crippen LogP contribution in [0.5, 0.6) is 0 Å². The van der Waals surface area contributed by atoms with Gasteiger partial charge in [0.05, 0.1) is 0 Å². The fraction of sp³-hybridized carbons (Fsp3) is 0.0476. The molecule has 43 heavy (non-hydrogen) atoms. The van der Waals surface area contributed by atoms with Gasteiger partial charge in [0.25, 0.3) is 0 Å². The van der Waals surface area contributed by atoms with E-state index in [4.69, 9.17) is 0 Å². The van der Waals surface area contributed by atoms with E-state index in [9.17, 15) is 0 Å². The van der Waals surface area contributed by atoms with E-state index in [0.29, 0.717) is 11.8 Å². The summed E-state index contributed by atoms with van der Waals surface area (Å²) < 4.78 is 0. The first-order chi connectivity index (χ1) is 21.3. The molecule has 0 N–H and O–H groups in total. The summed E-state index contributed by atoms with van der Waals surface area (Å²) in [7, 11) is 0. The maximum Gasteiger partial charge on any atom is 0.0468 e. The zero-order chi connectivity index (χ0) is 28.3. The minimum absolute atomic E-state index is 0.377. The van der Waals surface area contributed by atoms with Gasteiger partial charge in [-0.1, -0.05) is 127 Å². The molecule has 0 heterocycles. The third-order valence-electron chi connectivity index (χ3n) is 9.40. The Morgan fingerprint density at radius 2 is 1.14 bits per heavy atom. The van der Waals surface area contributed by atoms with E-state index in [1.807, 2.05) is 0 Å². The molecular weight excluding hydrogens is 518 g/mol. The second-order valence-electron chi connectivity index (χ2n) is 11.7. The van der Waals surface area contributed by atoms with Gasteiger partial charge in [0.15, 0.2) is 0 Å². The highest BCUT2D eigenvalue weighted by molar-refractivity contribution is 6.28. The molecule has 202 valence electrons. The molecule has 1 nitrogen and oxygen atoms in total. The van der Waals surface area contributed by atoms with E-state index in [0.717, 1.165) is 17.1 Å². The Morgan fingerprint density at radius 1 is 0.465 bits per heavy atom. The summed E-state index contributed by atoms with van der Waals surface area (Å²) in [5, 5.41) is 7.82. The predicted molar refractivity (Wildman–Crippen MR) is 184 cm³/mol. The van der Waals surface area contributed by atoms with Crippen LogP contribution < -0.4 is 4.90 Å². The van der Waals surface area contributed by atoms with Gasteiger partial charge >= 0.3 is 0 Å². The molecule has 1 heteroatoms. The molecule has 2 unspecified atom stereocenters. The standard InChI is InChI=1S/C42H29N/c1-3-12-29(13-4-1)43(30-14-5-2-6-15-30)31-20-22-37-40-26-24-36-35-21-19-28-11-7-8-16-32(28)34(35)23-25-39(36)42(40)38-18-10-9-17-33(38)41(37)27-31/h1-27,32,34H. The van der Waals surface area contributed by atoms with Crippen LogP contribution in [0.2, 0.25) is 0 Å².